The van der Waals surface area contributed by atoms with Crippen LogP contribution in [0.15, 0.2) is 61.0 Å². The van der Waals surface area contributed by atoms with Gasteiger partial charge in [-0.3, -0.25) is 0 Å². The molecule has 0 aromatic heterocycles. The van der Waals surface area contributed by atoms with Crippen molar-refractivity contribution >= 4 is 28.8 Å². The van der Waals surface area contributed by atoms with E-state index in [2.05, 4.69) is 23.8 Å². The molecule has 0 atom stereocenters. The summed E-state index contributed by atoms with van der Waals surface area (Å²) < 4.78 is 0. The Morgan fingerprint density at radius 3 is 1.61 bits per heavy atom. The van der Waals surface area contributed by atoms with Crippen molar-refractivity contribution in [3.8, 4) is 0 Å². The van der Waals surface area contributed by atoms with Gasteiger partial charge in [0, 0.05) is 22.8 Å². The summed E-state index contributed by atoms with van der Waals surface area (Å²) in [4.78, 5) is 15.7. The first kappa shape index (κ1) is 19.5. The predicted molar refractivity (Wildman–Crippen MR) is 116 cm³/mol. The van der Waals surface area contributed by atoms with E-state index < -0.39 is 6.35 Å². The molecule has 0 spiro atoms. The maximum absolute atomic E-state index is 13.0. The van der Waals surface area contributed by atoms with Crippen LogP contribution >= 0.6 is 0 Å². The lowest BCUT2D eigenvalue weighted by Crippen LogP contribution is -2.69. The van der Waals surface area contributed by atoms with Crippen molar-refractivity contribution in [1.29, 1.82) is 0 Å². The molecule has 3 N–H and O–H groups in total. The molecule has 0 radical (unpaired) electrons. The molecule has 146 valence electrons. The van der Waals surface area contributed by atoms with Crippen LogP contribution in [0.2, 0.25) is 0 Å². The lowest BCUT2D eigenvalue weighted by Gasteiger charge is -2.48. The molecule has 0 aliphatic carbocycles. The number of allylic oxidation sites excluding steroid dienone is 2. The second-order valence-electron chi connectivity index (χ2n) is 7.08. The first-order valence-corrected chi connectivity index (χ1v) is 9.07. The Labute approximate surface area is 165 Å². The number of hydrogen-bond acceptors (Lipinski definition) is 4. The number of anilines is 4. The van der Waals surface area contributed by atoms with Gasteiger partial charge in [-0.05, 0) is 63.1 Å². The molecule has 3 rings (SSSR count). The van der Waals surface area contributed by atoms with E-state index in [1.165, 1.54) is 9.80 Å². The third kappa shape index (κ3) is 3.34. The first-order chi connectivity index (χ1) is 13.2. The third-order valence-corrected chi connectivity index (χ3v) is 4.70. The van der Waals surface area contributed by atoms with Crippen LogP contribution in [-0.2, 0) is 0 Å². The number of urea groups is 1. The van der Waals surface area contributed by atoms with Gasteiger partial charge in [0.05, 0.1) is 11.4 Å². The second-order valence-corrected chi connectivity index (χ2v) is 7.08. The summed E-state index contributed by atoms with van der Waals surface area (Å²) in [5.41, 5.74) is 6.37. The molecular formula is C22H26N4O2. The van der Waals surface area contributed by atoms with Gasteiger partial charge < -0.3 is 15.7 Å². The van der Waals surface area contributed by atoms with Gasteiger partial charge in [-0.1, -0.05) is 25.3 Å². The van der Waals surface area contributed by atoms with Crippen molar-refractivity contribution in [2.75, 3.05) is 20.4 Å². The van der Waals surface area contributed by atoms with Gasteiger partial charge in [-0.25, -0.2) is 14.6 Å². The zero-order valence-electron chi connectivity index (χ0n) is 16.7. The Kier molecular flexibility index (Phi) is 5.16. The number of amides is 2. The van der Waals surface area contributed by atoms with E-state index in [0.29, 0.717) is 11.4 Å². The highest BCUT2D eigenvalue weighted by atomic mass is 16.3. The van der Waals surface area contributed by atoms with E-state index in [-0.39, 0.29) is 6.03 Å². The summed E-state index contributed by atoms with van der Waals surface area (Å²) in [6.45, 7) is 15.3. The average Bonchev–Trinajstić information content (AvgIpc) is 2.61. The molecule has 1 fully saturated rings. The summed E-state index contributed by atoms with van der Waals surface area (Å²) in [5.74, 6) is 0. The maximum atomic E-state index is 13.0. The molecule has 1 saturated heterocycles. The van der Waals surface area contributed by atoms with Crippen LogP contribution < -0.4 is 20.4 Å². The van der Waals surface area contributed by atoms with E-state index in [0.717, 1.165) is 33.9 Å². The number of hydrogen-bond donors (Lipinski definition) is 3. The molecule has 6 nitrogen and oxygen atoms in total. The minimum Gasteiger partial charge on any atom is -0.359 e. The summed E-state index contributed by atoms with van der Waals surface area (Å²) in [5, 5.41) is 17.2. The topological polar surface area (TPSA) is 67.8 Å². The van der Waals surface area contributed by atoms with Crippen LogP contribution in [0.5, 0.6) is 0 Å². The van der Waals surface area contributed by atoms with Gasteiger partial charge in [0.1, 0.15) is 0 Å². The van der Waals surface area contributed by atoms with Crippen molar-refractivity contribution in [3.05, 3.63) is 72.1 Å². The lowest BCUT2D eigenvalue weighted by atomic mass is 10.1. The minimum absolute atomic E-state index is 0.279. The summed E-state index contributed by atoms with van der Waals surface area (Å²) in [6, 6.07) is 10.9. The molecule has 1 heterocycles. The van der Waals surface area contributed by atoms with Gasteiger partial charge >= 0.3 is 6.03 Å². The standard InChI is InChI=1S/C22H26N4O2/c1-13(2)23-17-9-7-11-19(15(17)5)25-21(27)26(22(25)28)20-12-8-10-18(16(20)6)24-14(3)4/h7-12,21,23-24,27H,1,3H2,2,4-6H3. The lowest BCUT2D eigenvalue weighted by molar-refractivity contribution is 0.131. The molecule has 1 aliphatic rings. The van der Waals surface area contributed by atoms with Crippen LogP contribution in [0.3, 0.4) is 0 Å². The van der Waals surface area contributed by atoms with Crippen LogP contribution in [0, 0.1) is 13.8 Å². The Morgan fingerprint density at radius 1 is 0.893 bits per heavy atom. The fourth-order valence-electron chi connectivity index (χ4n) is 3.33. The minimum atomic E-state index is -1.08. The zero-order valence-corrected chi connectivity index (χ0v) is 16.7. The highest BCUT2D eigenvalue weighted by Crippen LogP contribution is 2.39. The number of carbonyl (C=O) groups is 1. The van der Waals surface area contributed by atoms with Crippen molar-refractivity contribution in [2.45, 2.75) is 34.0 Å². The molecule has 2 aromatic rings. The predicted octanol–water partition coefficient (Wildman–Crippen LogP) is 4.92. The summed E-state index contributed by atoms with van der Waals surface area (Å²) in [6.07, 6.45) is -1.08. The SMILES string of the molecule is C=C(C)Nc1cccc(N2C(=O)N(c3cccc(NC(=C)C)c3C)C2O)c1C. The number of rotatable bonds is 6. The van der Waals surface area contributed by atoms with Crippen LogP contribution in [0.25, 0.3) is 0 Å². The number of aliphatic hydroxyl groups excluding tert-OH is 1. The molecule has 6 heteroatoms. The molecule has 0 bridgehead atoms. The zero-order chi connectivity index (χ0) is 20.6. The largest absolute Gasteiger partial charge is 0.359 e. The Balaban J connectivity index is 1.91. The van der Waals surface area contributed by atoms with Crippen LogP contribution in [0.4, 0.5) is 27.5 Å². The Hall–Kier alpha value is -3.25. The average molecular weight is 378 g/mol. The van der Waals surface area contributed by atoms with Crippen LogP contribution in [0.1, 0.15) is 25.0 Å². The van der Waals surface area contributed by atoms with Gasteiger partial charge in [-0.2, -0.15) is 0 Å². The Bertz CT molecular complexity index is 892. The number of aliphatic hydroxyl groups is 1. The summed E-state index contributed by atoms with van der Waals surface area (Å²) >= 11 is 0. The number of nitrogens with one attached hydrogen (secondary N) is 2. The van der Waals surface area contributed by atoms with Gasteiger partial charge in [0.15, 0.2) is 0 Å². The van der Waals surface area contributed by atoms with Crippen molar-refractivity contribution < 1.29 is 9.90 Å². The summed E-state index contributed by atoms with van der Waals surface area (Å²) in [7, 11) is 0. The van der Waals surface area contributed by atoms with Crippen molar-refractivity contribution in [3.63, 3.8) is 0 Å². The number of benzene rings is 2. The molecule has 28 heavy (non-hydrogen) atoms. The molecular weight excluding hydrogens is 352 g/mol. The van der Waals surface area contributed by atoms with Crippen molar-refractivity contribution in [1.82, 2.24) is 0 Å². The second kappa shape index (κ2) is 7.40. The normalized spacial score (nSPS) is 14.0. The van der Waals surface area contributed by atoms with Gasteiger partial charge in [0.25, 0.3) is 0 Å². The molecule has 2 amide bonds. The van der Waals surface area contributed by atoms with Crippen LogP contribution in [-0.4, -0.2) is 17.5 Å². The van der Waals surface area contributed by atoms with Gasteiger partial charge in [0.2, 0.25) is 6.35 Å². The highest BCUT2D eigenvalue weighted by molar-refractivity contribution is 6.12. The number of nitrogens with zero attached hydrogens (tertiary/aromatic N) is 2. The molecule has 2 aromatic carbocycles. The highest BCUT2D eigenvalue weighted by Gasteiger charge is 2.46. The van der Waals surface area contributed by atoms with E-state index >= 15 is 0 Å². The maximum Gasteiger partial charge on any atom is 0.336 e. The fraction of sp³-hybridized carbons (Fsp3) is 0.227. The first-order valence-electron chi connectivity index (χ1n) is 9.07. The van der Waals surface area contributed by atoms with E-state index in [4.69, 9.17) is 0 Å². The number of carbonyl (C=O) groups excluding carboxylic acids is 1. The molecule has 1 aliphatic heterocycles. The molecule has 0 unspecified atom stereocenters. The third-order valence-electron chi connectivity index (χ3n) is 4.70. The quantitative estimate of drug-likeness (QED) is 0.668. The van der Waals surface area contributed by atoms with Crippen molar-refractivity contribution in [2.24, 2.45) is 0 Å². The van der Waals surface area contributed by atoms with Gasteiger partial charge in [-0.15, -0.1) is 0 Å². The van der Waals surface area contributed by atoms with E-state index in [1.54, 1.807) is 0 Å². The van der Waals surface area contributed by atoms with E-state index in [9.17, 15) is 9.90 Å². The smallest absolute Gasteiger partial charge is 0.336 e. The fourth-order valence-corrected chi connectivity index (χ4v) is 3.33. The molecule has 0 saturated carbocycles. The Morgan fingerprint density at radius 2 is 1.29 bits per heavy atom. The monoisotopic (exact) mass is 378 g/mol. The van der Waals surface area contributed by atoms with E-state index in [1.807, 2.05) is 64.1 Å².